The molecule has 0 radical (unpaired) electrons. The normalized spacial score (nSPS) is 27.4. The standard InChI is InChI=1S/C16H21NO3/c1-19-13-7-12(8-14(9-13)20-2)17-16(18)15-6-10-3-4-11(15)5-10/h7-11,15H,3-6H2,1-2H3,(H,17,18)/t10-,11-,15+/m0/s1. The minimum Gasteiger partial charge on any atom is -0.497 e. The van der Waals surface area contributed by atoms with Crippen molar-refractivity contribution in [2.45, 2.75) is 25.7 Å². The van der Waals surface area contributed by atoms with E-state index in [2.05, 4.69) is 5.32 Å². The van der Waals surface area contributed by atoms with Crippen LogP contribution in [0.3, 0.4) is 0 Å². The molecule has 0 aliphatic heterocycles. The first kappa shape index (κ1) is 13.3. The van der Waals surface area contributed by atoms with E-state index in [9.17, 15) is 4.79 Å². The molecule has 0 unspecified atom stereocenters. The number of hydrogen-bond donors (Lipinski definition) is 1. The number of carbonyl (C=O) groups excluding carboxylic acids is 1. The number of amides is 1. The maximum absolute atomic E-state index is 12.4. The van der Waals surface area contributed by atoms with Crippen molar-refractivity contribution in [3.63, 3.8) is 0 Å². The van der Waals surface area contributed by atoms with Crippen molar-refractivity contribution in [1.29, 1.82) is 0 Å². The van der Waals surface area contributed by atoms with E-state index in [1.165, 1.54) is 19.3 Å². The monoisotopic (exact) mass is 275 g/mol. The third-order valence-electron chi connectivity index (χ3n) is 4.69. The molecule has 1 amide bonds. The number of fused-ring (bicyclic) bond motifs is 2. The van der Waals surface area contributed by atoms with Crippen molar-refractivity contribution in [3.05, 3.63) is 18.2 Å². The minimum atomic E-state index is 0.146. The Hall–Kier alpha value is -1.71. The third-order valence-corrected chi connectivity index (χ3v) is 4.69. The summed E-state index contributed by atoms with van der Waals surface area (Å²) in [4.78, 5) is 12.4. The van der Waals surface area contributed by atoms with Gasteiger partial charge in [0.1, 0.15) is 11.5 Å². The quantitative estimate of drug-likeness (QED) is 0.918. The summed E-state index contributed by atoms with van der Waals surface area (Å²) in [5.41, 5.74) is 0.744. The highest BCUT2D eigenvalue weighted by molar-refractivity contribution is 5.93. The van der Waals surface area contributed by atoms with E-state index >= 15 is 0 Å². The molecule has 0 saturated heterocycles. The number of anilines is 1. The summed E-state index contributed by atoms with van der Waals surface area (Å²) in [5.74, 6) is 3.07. The number of rotatable bonds is 4. The van der Waals surface area contributed by atoms with Gasteiger partial charge in [0.15, 0.2) is 0 Å². The number of nitrogens with one attached hydrogen (secondary N) is 1. The van der Waals surface area contributed by atoms with Crippen LogP contribution in [0.5, 0.6) is 11.5 Å². The van der Waals surface area contributed by atoms with Gasteiger partial charge in [-0.3, -0.25) is 4.79 Å². The van der Waals surface area contributed by atoms with E-state index in [0.29, 0.717) is 17.4 Å². The number of hydrogen-bond acceptors (Lipinski definition) is 3. The summed E-state index contributed by atoms with van der Waals surface area (Å²) in [5, 5.41) is 3.02. The smallest absolute Gasteiger partial charge is 0.227 e. The van der Waals surface area contributed by atoms with Crippen LogP contribution in [0.4, 0.5) is 5.69 Å². The van der Waals surface area contributed by atoms with Gasteiger partial charge >= 0.3 is 0 Å². The van der Waals surface area contributed by atoms with Crippen LogP contribution in [0.2, 0.25) is 0 Å². The number of methoxy groups -OCH3 is 2. The first-order valence-corrected chi connectivity index (χ1v) is 7.23. The first-order valence-electron chi connectivity index (χ1n) is 7.23. The lowest BCUT2D eigenvalue weighted by Crippen LogP contribution is -2.27. The Labute approximate surface area is 119 Å². The second-order valence-corrected chi connectivity index (χ2v) is 5.87. The topological polar surface area (TPSA) is 47.6 Å². The molecule has 108 valence electrons. The predicted octanol–water partition coefficient (Wildman–Crippen LogP) is 3.08. The van der Waals surface area contributed by atoms with Crippen LogP contribution >= 0.6 is 0 Å². The van der Waals surface area contributed by atoms with Crippen molar-refractivity contribution in [2.75, 3.05) is 19.5 Å². The largest absolute Gasteiger partial charge is 0.497 e. The first-order chi connectivity index (χ1) is 9.69. The van der Waals surface area contributed by atoms with E-state index in [1.807, 2.05) is 12.1 Å². The average Bonchev–Trinajstić information content (AvgIpc) is 3.09. The fraction of sp³-hybridized carbons (Fsp3) is 0.562. The Morgan fingerprint density at radius 3 is 2.30 bits per heavy atom. The van der Waals surface area contributed by atoms with Crippen LogP contribution < -0.4 is 14.8 Å². The molecule has 4 heteroatoms. The molecule has 2 aliphatic rings. The van der Waals surface area contributed by atoms with E-state index in [4.69, 9.17) is 9.47 Å². The molecule has 1 aromatic carbocycles. The fourth-order valence-corrected chi connectivity index (χ4v) is 3.68. The third kappa shape index (κ3) is 2.47. The van der Waals surface area contributed by atoms with Gasteiger partial charge in [0.25, 0.3) is 0 Å². The second kappa shape index (κ2) is 5.35. The predicted molar refractivity (Wildman–Crippen MR) is 77.1 cm³/mol. The van der Waals surface area contributed by atoms with E-state index in [-0.39, 0.29) is 11.8 Å². The molecule has 1 aromatic rings. The van der Waals surface area contributed by atoms with Gasteiger partial charge in [-0.2, -0.15) is 0 Å². The van der Waals surface area contributed by atoms with Gasteiger partial charge < -0.3 is 14.8 Å². The lowest BCUT2D eigenvalue weighted by atomic mass is 9.88. The fourth-order valence-electron chi connectivity index (χ4n) is 3.68. The van der Waals surface area contributed by atoms with Gasteiger partial charge in [0.2, 0.25) is 5.91 Å². The van der Waals surface area contributed by atoms with Crippen LogP contribution in [-0.2, 0) is 4.79 Å². The zero-order chi connectivity index (χ0) is 14.1. The number of benzene rings is 1. The summed E-state index contributed by atoms with van der Waals surface area (Å²) in [6.45, 7) is 0. The lowest BCUT2D eigenvalue weighted by molar-refractivity contribution is -0.121. The molecular formula is C16H21NO3. The van der Waals surface area contributed by atoms with E-state index in [0.717, 1.165) is 18.0 Å². The molecule has 2 aliphatic carbocycles. The van der Waals surface area contributed by atoms with Gasteiger partial charge in [-0.15, -0.1) is 0 Å². The van der Waals surface area contributed by atoms with Gasteiger partial charge in [-0.25, -0.2) is 0 Å². The summed E-state index contributed by atoms with van der Waals surface area (Å²) < 4.78 is 10.4. The SMILES string of the molecule is COc1cc(NC(=O)[C@@H]2C[C@H]3CC[C@H]2C3)cc(OC)c1. The van der Waals surface area contributed by atoms with Crippen LogP contribution in [0.15, 0.2) is 18.2 Å². The minimum absolute atomic E-state index is 0.146. The van der Waals surface area contributed by atoms with E-state index < -0.39 is 0 Å². The Balaban J connectivity index is 1.72. The Morgan fingerprint density at radius 1 is 1.10 bits per heavy atom. The summed E-state index contributed by atoms with van der Waals surface area (Å²) in [6, 6.07) is 5.45. The molecule has 1 N–H and O–H groups in total. The Morgan fingerprint density at radius 2 is 1.80 bits per heavy atom. The maximum Gasteiger partial charge on any atom is 0.227 e. The highest BCUT2D eigenvalue weighted by Crippen LogP contribution is 2.48. The number of ether oxygens (including phenoxy) is 2. The molecular weight excluding hydrogens is 254 g/mol. The molecule has 3 rings (SSSR count). The van der Waals surface area contributed by atoms with Crippen LogP contribution in [0, 0.1) is 17.8 Å². The van der Waals surface area contributed by atoms with Crippen molar-refractivity contribution < 1.29 is 14.3 Å². The second-order valence-electron chi connectivity index (χ2n) is 5.87. The van der Waals surface area contributed by atoms with Gasteiger partial charge in [-0.1, -0.05) is 6.42 Å². The van der Waals surface area contributed by atoms with Crippen molar-refractivity contribution >= 4 is 11.6 Å². The molecule has 2 fully saturated rings. The Bertz CT molecular complexity index is 492. The van der Waals surface area contributed by atoms with Crippen LogP contribution in [0.1, 0.15) is 25.7 Å². The summed E-state index contributed by atoms with van der Waals surface area (Å²) in [6.07, 6.45) is 4.81. The van der Waals surface area contributed by atoms with Crippen molar-refractivity contribution in [3.8, 4) is 11.5 Å². The van der Waals surface area contributed by atoms with Crippen molar-refractivity contribution in [2.24, 2.45) is 17.8 Å². The average molecular weight is 275 g/mol. The number of carbonyl (C=O) groups is 1. The highest BCUT2D eigenvalue weighted by atomic mass is 16.5. The maximum atomic E-state index is 12.4. The summed E-state index contributed by atoms with van der Waals surface area (Å²) >= 11 is 0. The molecule has 0 aromatic heterocycles. The van der Waals surface area contributed by atoms with Gasteiger partial charge in [0, 0.05) is 29.8 Å². The van der Waals surface area contributed by atoms with Gasteiger partial charge in [0.05, 0.1) is 14.2 Å². The molecule has 20 heavy (non-hydrogen) atoms. The zero-order valence-corrected chi connectivity index (χ0v) is 12.0. The highest BCUT2D eigenvalue weighted by Gasteiger charge is 2.43. The summed E-state index contributed by atoms with van der Waals surface area (Å²) in [7, 11) is 3.21. The lowest BCUT2D eigenvalue weighted by Gasteiger charge is -2.21. The van der Waals surface area contributed by atoms with Crippen LogP contribution in [0.25, 0.3) is 0 Å². The van der Waals surface area contributed by atoms with Crippen LogP contribution in [-0.4, -0.2) is 20.1 Å². The van der Waals surface area contributed by atoms with Gasteiger partial charge in [-0.05, 0) is 31.1 Å². The molecule has 2 bridgehead atoms. The van der Waals surface area contributed by atoms with E-state index in [1.54, 1.807) is 20.3 Å². The molecule has 3 atom stereocenters. The Kier molecular flexibility index (Phi) is 3.55. The molecule has 4 nitrogen and oxygen atoms in total. The molecule has 2 saturated carbocycles. The van der Waals surface area contributed by atoms with Crippen molar-refractivity contribution in [1.82, 2.24) is 0 Å². The zero-order valence-electron chi connectivity index (χ0n) is 12.0. The molecule has 0 heterocycles. The molecule has 0 spiro atoms.